The summed E-state index contributed by atoms with van der Waals surface area (Å²) in [4.78, 5) is 14.8. The Bertz CT molecular complexity index is 388. The number of carbonyl (C=O) groups is 1. The second kappa shape index (κ2) is 3.86. The number of nitrogens with zero attached hydrogens (tertiary/aromatic N) is 1. The molecule has 4 N–H and O–H groups in total. The number of hydrogen-bond donors (Lipinski definition) is 2. The predicted molar refractivity (Wildman–Crippen MR) is 54.3 cm³/mol. The summed E-state index contributed by atoms with van der Waals surface area (Å²) in [6.07, 6.45) is 3.94. The zero-order valence-electron chi connectivity index (χ0n) is 8.27. The van der Waals surface area contributed by atoms with Gasteiger partial charge in [-0.05, 0) is 18.9 Å². The monoisotopic (exact) mass is 207 g/mol. The number of pyridine rings is 1. The first-order valence-corrected chi connectivity index (χ1v) is 4.86. The maximum atomic E-state index is 10.9. The van der Waals surface area contributed by atoms with Crippen molar-refractivity contribution in [2.24, 2.45) is 11.5 Å². The number of aromatic nitrogens is 1. The Kier molecular flexibility index (Phi) is 2.55. The van der Waals surface area contributed by atoms with Crippen molar-refractivity contribution in [2.75, 3.05) is 0 Å². The number of carbonyl (C=O) groups excluding carboxylic acids is 1. The van der Waals surface area contributed by atoms with Crippen LogP contribution >= 0.6 is 0 Å². The Morgan fingerprint density at radius 3 is 2.87 bits per heavy atom. The summed E-state index contributed by atoms with van der Waals surface area (Å²) >= 11 is 0. The van der Waals surface area contributed by atoms with Crippen LogP contribution in [0, 0.1) is 0 Å². The summed E-state index contributed by atoms with van der Waals surface area (Å²) in [6, 6.07) is 1.58. The summed E-state index contributed by atoms with van der Waals surface area (Å²) in [7, 11) is 0. The molecule has 0 atom stereocenters. The van der Waals surface area contributed by atoms with Crippen molar-refractivity contribution in [3.8, 4) is 5.75 Å². The quantitative estimate of drug-likeness (QED) is 0.736. The van der Waals surface area contributed by atoms with Crippen LogP contribution in [-0.2, 0) is 6.54 Å². The molecule has 80 valence electrons. The number of nitrogens with two attached hydrogens (primary N) is 2. The van der Waals surface area contributed by atoms with Crippen molar-refractivity contribution in [3.63, 3.8) is 0 Å². The molecule has 0 aliphatic heterocycles. The summed E-state index contributed by atoms with van der Waals surface area (Å²) in [5, 5.41) is 0. The van der Waals surface area contributed by atoms with E-state index in [4.69, 9.17) is 16.2 Å². The Labute approximate surface area is 87.4 Å². The molecule has 0 saturated heterocycles. The van der Waals surface area contributed by atoms with Gasteiger partial charge < -0.3 is 16.2 Å². The van der Waals surface area contributed by atoms with Gasteiger partial charge in [0.05, 0.1) is 12.3 Å². The minimum absolute atomic E-state index is 0.221. The molecule has 1 fully saturated rings. The van der Waals surface area contributed by atoms with E-state index in [0.717, 1.165) is 18.4 Å². The third-order valence-electron chi connectivity index (χ3n) is 2.24. The number of rotatable bonds is 4. The largest absolute Gasteiger partial charge is 0.488 e. The van der Waals surface area contributed by atoms with Gasteiger partial charge in [0.1, 0.15) is 11.4 Å². The van der Waals surface area contributed by atoms with E-state index in [1.165, 1.54) is 6.20 Å². The van der Waals surface area contributed by atoms with Crippen molar-refractivity contribution >= 4 is 5.91 Å². The van der Waals surface area contributed by atoms with E-state index in [1.807, 2.05) is 0 Å². The molecule has 5 heteroatoms. The standard InChI is InChI=1S/C10H13N3O2/c11-4-6-3-8(10(12)14)13-5-9(6)15-7-1-2-7/h3,5,7H,1-2,4,11H2,(H2,12,14). The van der Waals surface area contributed by atoms with E-state index < -0.39 is 5.91 Å². The van der Waals surface area contributed by atoms with Crippen LogP contribution in [0.3, 0.4) is 0 Å². The average Bonchev–Trinajstić information content (AvgIpc) is 3.02. The predicted octanol–water partition coefficient (Wildman–Crippen LogP) is 0.180. The zero-order valence-corrected chi connectivity index (χ0v) is 8.27. The van der Waals surface area contributed by atoms with Gasteiger partial charge in [0.2, 0.25) is 0 Å². The SMILES string of the molecule is NCc1cc(C(N)=O)ncc1OC1CC1. The first-order chi connectivity index (χ1) is 7.20. The van der Waals surface area contributed by atoms with Crippen LogP contribution in [0.1, 0.15) is 28.9 Å². The Hall–Kier alpha value is -1.62. The average molecular weight is 207 g/mol. The molecule has 1 aliphatic carbocycles. The summed E-state index contributed by atoms with van der Waals surface area (Å²) < 4.78 is 5.59. The zero-order chi connectivity index (χ0) is 10.8. The van der Waals surface area contributed by atoms with Crippen LogP contribution in [0.4, 0.5) is 0 Å². The molecule has 0 unspecified atom stereocenters. The highest BCUT2D eigenvalue weighted by Crippen LogP contribution is 2.28. The lowest BCUT2D eigenvalue weighted by Crippen LogP contribution is -2.15. The van der Waals surface area contributed by atoms with Crippen LogP contribution in [-0.4, -0.2) is 17.0 Å². The summed E-state index contributed by atoms with van der Waals surface area (Å²) in [5.41, 5.74) is 11.7. The minimum atomic E-state index is -0.553. The van der Waals surface area contributed by atoms with Crippen molar-refractivity contribution in [2.45, 2.75) is 25.5 Å². The molecular weight excluding hydrogens is 194 g/mol. The molecule has 0 spiro atoms. The number of amides is 1. The van der Waals surface area contributed by atoms with Crippen LogP contribution < -0.4 is 16.2 Å². The molecule has 2 rings (SSSR count). The van der Waals surface area contributed by atoms with Crippen molar-refractivity contribution in [1.29, 1.82) is 0 Å². The summed E-state index contributed by atoms with van der Waals surface area (Å²) in [5.74, 6) is 0.104. The Morgan fingerprint density at radius 1 is 1.60 bits per heavy atom. The molecule has 1 aromatic rings. The third-order valence-corrected chi connectivity index (χ3v) is 2.24. The van der Waals surface area contributed by atoms with Crippen LogP contribution in [0.2, 0.25) is 0 Å². The lowest BCUT2D eigenvalue weighted by atomic mass is 10.2. The van der Waals surface area contributed by atoms with Gasteiger partial charge >= 0.3 is 0 Å². The van der Waals surface area contributed by atoms with Crippen molar-refractivity contribution in [1.82, 2.24) is 4.98 Å². The first-order valence-electron chi connectivity index (χ1n) is 4.86. The van der Waals surface area contributed by atoms with E-state index in [0.29, 0.717) is 12.3 Å². The molecule has 0 bridgehead atoms. The second-order valence-electron chi connectivity index (χ2n) is 3.56. The molecule has 0 radical (unpaired) electrons. The molecule has 1 heterocycles. The van der Waals surface area contributed by atoms with Crippen molar-refractivity contribution < 1.29 is 9.53 Å². The maximum absolute atomic E-state index is 10.9. The number of primary amides is 1. The van der Waals surface area contributed by atoms with E-state index in [2.05, 4.69) is 4.98 Å². The molecule has 1 saturated carbocycles. The fourth-order valence-electron chi connectivity index (χ4n) is 1.25. The van der Waals surface area contributed by atoms with Gasteiger partial charge in [-0.25, -0.2) is 4.98 Å². The highest BCUT2D eigenvalue weighted by molar-refractivity contribution is 5.91. The van der Waals surface area contributed by atoms with Gasteiger partial charge in [-0.1, -0.05) is 0 Å². The lowest BCUT2D eigenvalue weighted by molar-refractivity contribution is 0.0995. The topological polar surface area (TPSA) is 91.2 Å². The second-order valence-corrected chi connectivity index (χ2v) is 3.56. The van der Waals surface area contributed by atoms with Crippen LogP contribution in [0.15, 0.2) is 12.3 Å². The fourth-order valence-corrected chi connectivity index (χ4v) is 1.25. The normalized spacial score (nSPS) is 15.0. The summed E-state index contributed by atoms with van der Waals surface area (Å²) in [6.45, 7) is 0.310. The van der Waals surface area contributed by atoms with Gasteiger partial charge in [-0.15, -0.1) is 0 Å². The van der Waals surface area contributed by atoms with E-state index in [1.54, 1.807) is 6.07 Å². The van der Waals surface area contributed by atoms with Gasteiger partial charge in [0.25, 0.3) is 5.91 Å². The fraction of sp³-hybridized carbons (Fsp3) is 0.400. The van der Waals surface area contributed by atoms with Gasteiger partial charge in [-0.2, -0.15) is 0 Å². The highest BCUT2D eigenvalue weighted by Gasteiger charge is 2.24. The Balaban J connectivity index is 2.25. The van der Waals surface area contributed by atoms with Gasteiger partial charge in [-0.3, -0.25) is 4.79 Å². The van der Waals surface area contributed by atoms with Gasteiger partial charge in [0, 0.05) is 12.1 Å². The number of ether oxygens (including phenoxy) is 1. The molecule has 5 nitrogen and oxygen atoms in total. The van der Waals surface area contributed by atoms with Crippen molar-refractivity contribution in [3.05, 3.63) is 23.5 Å². The van der Waals surface area contributed by atoms with Crippen LogP contribution in [0.25, 0.3) is 0 Å². The van der Waals surface area contributed by atoms with E-state index in [-0.39, 0.29) is 11.8 Å². The lowest BCUT2D eigenvalue weighted by Gasteiger charge is -2.09. The maximum Gasteiger partial charge on any atom is 0.267 e. The van der Waals surface area contributed by atoms with E-state index >= 15 is 0 Å². The smallest absolute Gasteiger partial charge is 0.267 e. The molecule has 15 heavy (non-hydrogen) atoms. The Morgan fingerprint density at radius 2 is 2.33 bits per heavy atom. The molecule has 1 amide bonds. The van der Waals surface area contributed by atoms with Gasteiger partial charge in [0.15, 0.2) is 0 Å². The minimum Gasteiger partial charge on any atom is -0.488 e. The van der Waals surface area contributed by atoms with Crippen LogP contribution in [0.5, 0.6) is 5.75 Å². The third kappa shape index (κ3) is 2.24. The molecule has 1 aromatic heterocycles. The number of hydrogen-bond acceptors (Lipinski definition) is 4. The van der Waals surface area contributed by atoms with E-state index in [9.17, 15) is 4.79 Å². The molecule has 0 aromatic carbocycles. The molecular formula is C10H13N3O2. The highest BCUT2D eigenvalue weighted by atomic mass is 16.5. The molecule has 1 aliphatic rings. The first kappa shape index (κ1) is 9.92.